The van der Waals surface area contributed by atoms with Crippen molar-refractivity contribution in [2.45, 2.75) is 26.3 Å². The number of nitrogens with zero attached hydrogens (tertiary/aromatic N) is 1. The molecule has 1 N–H and O–H groups in total. The van der Waals surface area contributed by atoms with E-state index < -0.39 is 0 Å². The molecule has 72 valence electrons. The summed E-state index contributed by atoms with van der Waals surface area (Å²) >= 11 is 0. The Morgan fingerprint density at radius 1 is 1.50 bits per heavy atom. The van der Waals surface area contributed by atoms with Crippen molar-refractivity contribution in [2.24, 2.45) is 11.8 Å². The average molecular weight is 170 g/mol. The summed E-state index contributed by atoms with van der Waals surface area (Å²) in [4.78, 5) is 2.47. The van der Waals surface area contributed by atoms with Crippen LogP contribution in [0.2, 0.25) is 0 Å². The van der Waals surface area contributed by atoms with Crippen molar-refractivity contribution in [3.8, 4) is 0 Å². The third kappa shape index (κ3) is 1.99. The Morgan fingerprint density at radius 2 is 2.17 bits per heavy atom. The van der Waals surface area contributed by atoms with E-state index in [4.69, 9.17) is 0 Å². The number of hydrogen-bond acceptors (Lipinski definition) is 2. The second-order valence-corrected chi connectivity index (χ2v) is 4.30. The van der Waals surface area contributed by atoms with Gasteiger partial charge in [0.2, 0.25) is 0 Å². The first-order valence-electron chi connectivity index (χ1n) is 5.01. The lowest BCUT2D eigenvalue weighted by molar-refractivity contribution is 0.0528. The van der Waals surface area contributed by atoms with Crippen LogP contribution in [0.3, 0.4) is 0 Å². The predicted molar refractivity (Wildman–Crippen MR) is 53.3 cm³/mol. The molecule has 12 heavy (non-hydrogen) atoms. The quantitative estimate of drug-likeness (QED) is 0.681. The molecule has 2 unspecified atom stereocenters. The standard InChI is InChI=1S/C10H22N2/c1-8(2)9(7-11-3)10-5-6-12(10)4/h8-11H,5-7H2,1-4H3. The summed E-state index contributed by atoms with van der Waals surface area (Å²) in [5.41, 5.74) is 0. The van der Waals surface area contributed by atoms with Crippen LogP contribution in [0.5, 0.6) is 0 Å². The molecule has 0 aromatic rings. The van der Waals surface area contributed by atoms with Gasteiger partial charge in [-0.2, -0.15) is 0 Å². The maximum absolute atomic E-state index is 3.29. The minimum Gasteiger partial charge on any atom is -0.319 e. The fourth-order valence-electron chi connectivity index (χ4n) is 2.13. The molecule has 1 rings (SSSR count). The highest BCUT2D eigenvalue weighted by atomic mass is 15.2. The summed E-state index contributed by atoms with van der Waals surface area (Å²) in [7, 11) is 4.28. The first-order chi connectivity index (χ1) is 5.66. The Hall–Kier alpha value is -0.0800. The molecule has 0 radical (unpaired) electrons. The van der Waals surface area contributed by atoms with Crippen LogP contribution >= 0.6 is 0 Å². The summed E-state index contributed by atoms with van der Waals surface area (Å²) in [5, 5.41) is 3.29. The number of hydrogen-bond donors (Lipinski definition) is 1. The lowest BCUT2D eigenvalue weighted by Gasteiger charge is -2.44. The maximum atomic E-state index is 3.29. The van der Waals surface area contributed by atoms with Gasteiger partial charge < -0.3 is 10.2 Å². The summed E-state index contributed by atoms with van der Waals surface area (Å²) in [5.74, 6) is 1.62. The van der Waals surface area contributed by atoms with Crippen LogP contribution in [0.25, 0.3) is 0 Å². The van der Waals surface area contributed by atoms with E-state index in [9.17, 15) is 0 Å². The average Bonchev–Trinajstić information content (AvgIpc) is 2.01. The van der Waals surface area contributed by atoms with E-state index in [0.717, 1.165) is 24.4 Å². The van der Waals surface area contributed by atoms with Crippen LogP contribution in [-0.2, 0) is 0 Å². The molecule has 1 fully saturated rings. The molecule has 0 amide bonds. The third-order valence-corrected chi connectivity index (χ3v) is 3.13. The van der Waals surface area contributed by atoms with Gasteiger partial charge in [0, 0.05) is 6.04 Å². The Morgan fingerprint density at radius 3 is 2.42 bits per heavy atom. The fraction of sp³-hybridized carbons (Fsp3) is 1.00. The smallest absolute Gasteiger partial charge is 0.0147 e. The molecular weight excluding hydrogens is 148 g/mol. The van der Waals surface area contributed by atoms with Crippen LogP contribution in [0.1, 0.15) is 20.3 Å². The molecule has 0 bridgehead atoms. The summed E-state index contributed by atoms with van der Waals surface area (Å²) in [6.45, 7) is 7.10. The van der Waals surface area contributed by atoms with E-state index in [1.807, 2.05) is 7.05 Å². The third-order valence-electron chi connectivity index (χ3n) is 3.13. The molecular formula is C10H22N2. The molecule has 0 spiro atoms. The topological polar surface area (TPSA) is 15.3 Å². The zero-order chi connectivity index (χ0) is 9.14. The van der Waals surface area contributed by atoms with E-state index >= 15 is 0 Å². The lowest BCUT2D eigenvalue weighted by atomic mass is 9.82. The van der Waals surface area contributed by atoms with Crippen LogP contribution in [0.4, 0.5) is 0 Å². The highest BCUT2D eigenvalue weighted by Gasteiger charge is 2.33. The molecule has 2 heteroatoms. The SMILES string of the molecule is CNCC(C(C)C)C1CCN1C. The monoisotopic (exact) mass is 170 g/mol. The van der Waals surface area contributed by atoms with Crippen molar-refractivity contribution in [3.05, 3.63) is 0 Å². The van der Waals surface area contributed by atoms with Crippen molar-refractivity contribution in [1.29, 1.82) is 0 Å². The van der Waals surface area contributed by atoms with Gasteiger partial charge in [0.25, 0.3) is 0 Å². The van der Waals surface area contributed by atoms with E-state index in [1.54, 1.807) is 0 Å². The first kappa shape index (κ1) is 10.0. The Bertz CT molecular complexity index is 134. The first-order valence-corrected chi connectivity index (χ1v) is 5.01. The highest BCUT2D eigenvalue weighted by Crippen LogP contribution is 2.27. The zero-order valence-electron chi connectivity index (χ0n) is 8.80. The van der Waals surface area contributed by atoms with Gasteiger partial charge in [-0.05, 0) is 45.4 Å². The van der Waals surface area contributed by atoms with Crippen molar-refractivity contribution < 1.29 is 0 Å². The fourth-order valence-corrected chi connectivity index (χ4v) is 2.13. The van der Waals surface area contributed by atoms with Gasteiger partial charge in [0.1, 0.15) is 0 Å². The van der Waals surface area contributed by atoms with Crippen LogP contribution < -0.4 is 5.32 Å². The Balaban J connectivity index is 2.41. The number of likely N-dealkylation sites (tertiary alicyclic amines) is 1. The molecule has 0 aliphatic carbocycles. The molecule has 0 aromatic heterocycles. The van der Waals surface area contributed by atoms with Gasteiger partial charge in [0.15, 0.2) is 0 Å². The lowest BCUT2D eigenvalue weighted by Crippen LogP contribution is -2.52. The Labute approximate surface area is 76.3 Å². The van der Waals surface area contributed by atoms with Gasteiger partial charge in [-0.15, -0.1) is 0 Å². The van der Waals surface area contributed by atoms with Gasteiger partial charge in [-0.25, -0.2) is 0 Å². The largest absolute Gasteiger partial charge is 0.319 e. The maximum Gasteiger partial charge on any atom is 0.0147 e. The molecule has 2 nitrogen and oxygen atoms in total. The summed E-state index contributed by atoms with van der Waals surface area (Å²) in [6.07, 6.45) is 1.39. The number of nitrogens with one attached hydrogen (secondary N) is 1. The van der Waals surface area contributed by atoms with Gasteiger partial charge >= 0.3 is 0 Å². The minimum atomic E-state index is 0.796. The molecule has 0 aromatic carbocycles. The van der Waals surface area contributed by atoms with Gasteiger partial charge in [-0.1, -0.05) is 13.8 Å². The predicted octanol–water partition coefficient (Wildman–Crippen LogP) is 1.18. The van der Waals surface area contributed by atoms with E-state index in [0.29, 0.717) is 0 Å². The number of rotatable bonds is 4. The second kappa shape index (κ2) is 4.24. The van der Waals surface area contributed by atoms with Crippen molar-refractivity contribution >= 4 is 0 Å². The van der Waals surface area contributed by atoms with Gasteiger partial charge in [0.05, 0.1) is 0 Å². The van der Waals surface area contributed by atoms with Crippen molar-refractivity contribution in [1.82, 2.24) is 10.2 Å². The second-order valence-electron chi connectivity index (χ2n) is 4.30. The summed E-state index contributed by atoms with van der Waals surface area (Å²) in [6, 6.07) is 0.831. The Kier molecular flexibility index (Phi) is 3.53. The zero-order valence-corrected chi connectivity index (χ0v) is 8.80. The molecule has 1 saturated heterocycles. The molecule has 0 saturated carbocycles. The van der Waals surface area contributed by atoms with Gasteiger partial charge in [-0.3, -0.25) is 0 Å². The van der Waals surface area contributed by atoms with E-state index in [-0.39, 0.29) is 0 Å². The van der Waals surface area contributed by atoms with Crippen molar-refractivity contribution in [2.75, 3.05) is 27.2 Å². The van der Waals surface area contributed by atoms with Crippen LogP contribution in [-0.4, -0.2) is 38.1 Å². The highest BCUT2D eigenvalue weighted by molar-refractivity contribution is 4.88. The molecule has 1 aliphatic heterocycles. The minimum absolute atomic E-state index is 0.796. The molecule has 2 atom stereocenters. The molecule has 1 aliphatic rings. The normalized spacial score (nSPS) is 27.2. The summed E-state index contributed by atoms with van der Waals surface area (Å²) < 4.78 is 0. The van der Waals surface area contributed by atoms with E-state index in [2.05, 4.69) is 31.1 Å². The van der Waals surface area contributed by atoms with Crippen molar-refractivity contribution in [3.63, 3.8) is 0 Å². The van der Waals surface area contributed by atoms with E-state index in [1.165, 1.54) is 13.0 Å². The van der Waals surface area contributed by atoms with Crippen LogP contribution in [0, 0.1) is 11.8 Å². The molecule has 1 heterocycles. The van der Waals surface area contributed by atoms with Crippen LogP contribution in [0.15, 0.2) is 0 Å².